The summed E-state index contributed by atoms with van der Waals surface area (Å²) in [6.07, 6.45) is 2.01. The SMILES string of the molecule is CC.CC.CC.CC.CC.CC.CC.CC.CC.c1ccc(Cc2cccc(Cc3ccccc3)c2)cc1. The lowest BCUT2D eigenvalue weighted by molar-refractivity contribution is 1.14. The highest BCUT2D eigenvalue weighted by Crippen LogP contribution is 2.14. The topological polar surface area (TPSA) is 0 Å². The van der Waals surface area contributed by atoms with Crippen molar-refractivity contribution in [2.45, 2.75) is 137 Å². The van der Waals surface area contributed by atoms with E-state index in [-0.39, 0.29) is 0 Å². The molecule has 0 aliphatic rings. The van der Waals surface area contributed by atoms with Crippen molar-refractivity contribution in [1.82, 2.24) is 0 Å². The molecule has 0 saturated heterocycles. The third-order valence-corrected chi connectivity index (χ3v) is 3.49. The van der Waals surface area contributed by atoms with Crippen molar-refractivity contribution in [3.8, 4) is 0 Å². The fourth-order valence-electron chi connectivity index (χ4n) is 2.51. The summed E-state index contributed by atoms with van der Waals surface area (Å²) in [7, 11) is 0. The second kappa shape index (κ2) is 59.6. The van der Waals surface area contributed by atoms with Gasteiger partial charge >= 0.3 is 0 Å². The maximum Gasteiger partial charge on any atom is -0.00257 e. The number of rotatable bonds is 4. The lowest BCUT2D eigenvalue weighted by Crippen LogP contribution is -1.92. The van der Waals surface area contributed by atoms with E-state index in [9.17, 15) is 0 Å². The maximum absolute atomic E-state index is 2.32. The van der Waals surface area contributed by atoms with E-state index in [4.69, 9.17) is 0 Å². The molecule has 0 N–H and O–H groups in total. The molecular formula is C38H72. The molecule has 0 heteroatoms. The van der Waals surface area contributed by atoms with Crippen LogP contribution in [0.2, 0.25) is 0 Å². The van der Waals surface area contributed by atoms with E-state index in [1.165, 1.54) is 22.3 Å². The minimum absolute atomic E-state index is 1.00. The Kier molecular flexibility index (Phi) is 81.9. The Hall–Kier alpha value is -2.34. The van der Waals surface area contributed by atoms with E-state index < -0.39 is 0 Å². The molecule has 3 rings (SSSR count). The molecule has 0 nitrogen and oxygen atoms in total. The first kappa shape index (κ1) is 52.2. The Morgan fingerprint density at radius 2 is 0.474 bits per heavy atom. The van der Waals surface area contributed by atoms with Crippen LogP contribution in [-0.2, 0) is 12.8 Å². The monoisotopic (exact) mass is 529 g/mol. The molecular weight excluding hydrogens is 456 g/mol. The van der Waals surface area contributed by atoms with Gasteiger partial charge in [-0.1, -0.05) is 210 Å². The molecule has 0 heterocycles. The van der Waals surface area contributed by atoms with Gasteiger partial charge in [0.1, 0.15) is 0 Å². The highest BCUT2D eigenvalue weighted by atomic mass is 14.0. The van der Waals surface area contributed by atoms with Gasteiger partial charge in [0, 0.05) is 0 Å². The zero-order valence-corrected chi connectivity index (χ0v) is 29.5. The van der Waals surface area contributed by atoms with Gasteiger partial charge < -0.3 is 0 Å². The van der Waals surface area contributed by atoms with Gasteiger partial charge in [-0.3, -0.25) is 0 Å². The predicted molar refractivity (Wildman–Crippen MR) is 187 cm³/mol. The Morgan fingerprint density at radius 1 is 0.263 bits per heavy atom. The number of hydrogen-bond donors (Lipinski definition) is 0. The third kappa shape index (κ3) is 35.8. The van der Waals surface area contributed by atoms with Crippen LogP contribution in [0.25, 0.3) is 0 Å². The van der Waals surface area contributed by atoms with Crippen molar-refractivity contribution in [2.24, 2.45) is 0 Å². The number of hydrogen-bond acceptors (Lipinski definition) is 0. The van der Waals surface area contributed by atoms with E-state index in [2.05, 4.69) is 84.9 Å². The van der Waals surface area contributed by atoms with Crippen LogP contribution in [0, 0.1) is 0 Å². The predicted octanol–water partition coefficient (Wildman–Crippen LogP) is 14.1. The van der Waals surface area contributed by atoms with E-state index in [1.54, 1.807) is 0 Å². The quantitative estimate of drug-likeness (QED) is 0.316. The van der Waals surface area contributed by atoms with Gasteiger partial charge in [-0.25, -0.2) is 0 Å². The molecule has 0 aromatic heterocycles. The summed E-state index contributed by atoms with van der Waals surface area (Å²) in [5.41, 5.74) is 5.49. The summed E-state index contributed by atoms with van der Waals surface area (Å²) in [6.45, 7) is 36.0. The lowest BCUT2D eigenvalue weighted by atomic mass is 9.99. The van der Waals surface area contributed by atoms with E-state index in [0.29, 0.717) is 0 Å². The molecule has 0 saturated carbocycles. The molecule has 0 unspecified atom stereocenters. The Balaban J connectivity index is -0.0000000913. The Labute approximate surface area is 244 Å². The third-order valence-electron chi connectivity index (χ3n) is 3.49. The van der Waals surface area contributed by atoms with Gasteiger partial charge in [-0.05, 0) is 35.1 Å². The van der Waals surface area contributed by atoms with Crippen molar-refractivity contribution in [1.29, 1.82) is 0 Å². The van der Waals surface area contributed by atoms with Crippen LogP contribution in [-0.4, -0.2) is 0 Å². The lowest BCUT2D eigenvalue weighted by Gasteiger charge is -2.06. The first-order valence-corrected chi connectivity index (χ1v) is 16.1. The van der Waals surface area contributed by atoms with E-state index in [0.717, 1.165) is 12.8 Å². The second-order valence-corrected chi connectivity index (χ2v) is 5.14. The van der Waals surface area contributed by atoms with Crippen LogP contribution >= 0.6 is 0 Å². The van der Waals surface area contributed by atoms with E-state index >= 15 is 0 Å². The van der Waals surface area contributed by atoms with Crippen LogP contribution < -0.4 is 0 Å². The average molecular weight is 529 g/mol. The molecule has 0 amide bonds. The van der Waals surface area contributed by atoms with Gasteiger partial charge in [0.25, 0.3) is 0 Å². The van der Waals surface area contributed by atoms with Crippen LogP contribution in [0.3, 0.4) is 0 Å². The highest BCUT2D eigenvalue weighted by Gasteiger charge is 1.99. The molecule has 3 aromatic rings. The van der Waals surface area contributed by atoms with Gasteiger partial charge in [-0.2, -0.15) is 0 Å². The van der Waals surface area contributed by atoms with Crippen LogP contribution in [0.1, 0.15) is 147 Å². The van der Waals surface area contributed by atoms with E-state index in [1.807, 2.05) is 125 Å². The molecule has 3 aromatic carbocycles. The fourth-order valence-corrected chi connectivity index (χ4v) is 2.51. The first-order chi connectivity index (χ1) is 18.9. The summed E-state index contributed by atoms with van der Waals surface area (Å²) in [5, 5.41) is 0. The standard InChI is InChI=1S/C20H18.9C2H6/c1-3-8-17(9-4-1)14-19-12-7-13-20(16-19)15-18-10-5-2-6-11-18;9*1-2/h1-13,16H,14-15H2;9*1-2H3. The summed E-state index contributed by atoms with van der Waals surface area (Å²) >= 11 is 0. The summed E-state index contributed by atoms with van der Waals surface area (Å²) < 4.78 is 0. The zero-order chi connectivity index (χ0) is 31.6. The summed E-state index contributed by atoms with van der Waals surface area (Å²) in [5.74, 6) is 0. The largest absolute Gasteiger partial charge is 0.0683 e. The summed E-state index contributed by atoms with van der Waals surface area (Å²) in [6, 6.07) is 30.2. The van der Waals surface area contributed by atoms with Gasteiger partial charge in [0.15, 0.2) is 0 Å². The van der Waals surface area contributed by atoms with Crippen molar-refractivity contribution in [3.05, 3.63) is 107 Å². The van der Waals surface area contributed by atoms with Crippen molar-refractivity contribution in [2.75, 3.05) is 0 Å². The molecule has 224 valence electrons. The maximum atomic E-state index is 2.32. The van der Waals surface area contributed by atoms with Crippen molar-refractivity contribution >= 4 is 0 Å². The molecule has 0 aliphatic heterocycles. The molecule has 0 aliphatic carbocycles. The molecule has 0 atom stereocenters. The summed E-state index contributed by atoms with van der Waals surface area (Å²) in [4.78, 5) is 0. The molecule has 0 bridgehead atoms. The Bertz CT molecular complexity index is 597. The van der Waals surface area contributed by atoms with Gasteiger partial charge in [0.2, 0.25) is 0 Å². The van der Waals surface area contributed by atoms with Crippen molar-refractivity contribution in [3.63, 3.8) is 0 Å². The molecule has 0 spiro atoms. The fraction of sp³-hybridized carbons (Fsp3) is 0.526. The molecule has 38 heavy (non-hydrogen) atoms. The smallest absolute Gasteiger partial charge is 0.00257 e. The number of benzene rings is 3. The molecule has 0 radical (unpaired) electrons. The van der Waals surface area contributed by atoms with Crippen LogP contribution in [0.5, 0.6) is 0 Å². The van der Waals surface area contributed by atoms with Crippen LogP contribution in [0.15, 0.2) is 84.9 Å². The average Bonchev–Trinajstić information content (AvgIpc) is 3.07. The molecule has 0 fully saturated rings. The first-order valence-electron chi connectivity index (χ1n) is 16.1. The highest BCUT2D eigenvalue weighted by molar-refractivity contribution is 5.32. The second-order valence-electron chi connectivity index (χ2n) is 5.14. The minimum Gasteiger partial charge on any atom is -0.0683 e. The van der Waals surface area contributed by atoms with Gasteiger partial charge in [0.05, 0.1) is 0 Å². The van der Waals surface area contributed by atoms with Crippen molar-refractivity contribution < 1.29 is 0 Å². The van der Waals surface area contributed by atoms with Crippen LogP contribution in [0.4, 0.5) is 0 Å². The minimum atomic E-state index is 1.00. The Morgan fingerprint density at radius 3 is 0.711 bits per heavy atom. The van der Waals surface area contributed by atoms with Gasteiger partial charge in [-0.15, -0.1) is 0 Å². The normalized spacial score (nSPS) is 6.89. The zero-order valence-electron chi connectivity index (χ0n) is 29.5.